The van der Waals surface area contributed by atoms with E-state index in [-0.39, 0.29) is 0 Å². The molecule has 78 valence electrons. The van der Waals surface area contributed by atoms with Gasteiger partial charge in [-0.2, -0.15) is 0 Å². The fourth-order valence-electron chi connectivity index (χ4n) is 2.09. The summed E-state index contributed by atoms with van der Waals surface area (Å²) in [4.78, 5) is 4.32. The van der Waals surface area contributed by atoms with E-state index in [1.54, 1.807) is 0 Å². The van der Waals surface area contributed by atoms with Crippen molar-refractivity contribution in [3.05, 3.63) is 17.7 Å². The van der Waals surface area contributed by atoms with E-state index in [9.17, 15) is 0 Å². The second-order valence-corrected chi connectivity index (χ2v) is 4.28. The SMILES string of the molecule is Cc1ncn(CC2CCCNC2)c1C. The first-order valence-corrected chi connectivity index (χ1v) is 5.46. The number of hydrogen-bond acceptors (Lipinski definition) is 2. The molecule has 1 N–H and O–H groups in total. The summed E-state index contributed by atoms with van der Waals surface area (Å²) in [5, 5.41) is 3.45. The van der Waals surface area contributed by atoms with Crippen molar-refractivity contribution in [1.29, 1.82) is 0 Å². The van der Waals surface area contributed by atoms with Gasteiger partial charge in [0.05, 0.1) is 12.0 Å². The molecular weight excluding hydrogens is 174 g/mol. The van der Waals surface area contributed by atoms with Crippen LogP contribution in [0.25, 0.3) is 0 Å². The third-order valence-corrected chi connectivity index (χ3v) is 3.20. The zero-order chi connectivity index (χ0) is 9.97. The van der Waals surface area contributed by atoms with Gasteiger partial charge in [-0.15, -0.1) is 0 Å². The first-order valence-electron chi connectivity index (χ1n) is 5.46. The van der Waals surface area contributed by atoms with Gasteiger partial charge in [-0.3, -0.25) is 0 Å². The third-order valence-electron chi connectivity index (χ3n) is 3.20. The van der Waals surface area contributed by atoms with Crippen LogP contribution in [0.2, 0.25) is 0 Å². The largest absolute Gasteiger partial charge is 0.334 e. The maximum absolute atomic E-state index is 4.32. The van der Waals surface area contributed by atoms with Crippen molar-refractivity contribution in [1.82, 2.24) is 14.9 Å². The van der Waals surface area contributed by atoms with E-state index in [1.165, 1.54) is 25.1 Å². The minimum absolute atomic E-state index is 0.788. The molecule has 0 radical (unpaired) electrons. The number of rotatable bonds is 2. The van der Waals surface area contributed by atoms with Crippen molar-refractivity contribution >= 4 is 0 Å². The Morgan fingerprint density at radius 1 is 1.57 bits per heavy atom. The summed E-state index contributed by atoms with van der Waals surface area (Å²) in [6, 6.07) is 0. The van der Waals surface area contributed by atoms with Gasteiger partial charge < -0.3 is 9.88 Å². The molecule has 0 spiro atoms. The molecule has 1 unspecified atom stereocenters. The van der Waals surface area contributed by atoms with E-state index < -0.39 is 0 Å². The van der Waals surface area contributed by atoms with Crippen LogP contribution in [0.5, 0.6) is 0 Å². The lowest BCUT2D eigenvalue weighted by atomic mass is 10.00. The summed E-state index contributed by atoms with van der Waals surface area (Å²) >= 11 is 0. The minimum Gasteiger partial charge on any atom is -0.334 e. The predicted molar refractivity (Wildman–Crippen MR) is 57.3 cm³/mol. The minimum atomic E-state index is 0.788. The van der Waals surface area contributed by atoms with Gasteiger partial charge in [0.1, 0.15) is 0 Å². The Bertz CT molecular complexity index is 297. The van der Waals surface area contributed by atoms with Gasteiger partial charge in [0.15, 0.2) is 0 Å². The molecule has 1 aliphatic heterocycles. The maximum Gasteiger partial charge on any atom is 0.0951 e. The monoisotopic (exact) mass is 193 g/mol. The Hall–Kier alpha value is -0.830. The molecule has 2 heterocycles. The van der Waals surface area contributed by atoms with Crippen LogP contribution >= 0.6 is 0 Å². The Labute approximate surface area is 85.5 Å². The molecule has 0 aliphatic carbocycles. The van der Waals surface area contributed by atoms with Gasteiger partial charge in [0.25, 0.3) is 0 Å². The molecule has 3 heteroatoms. The third kappa shape index (κ3) is 1.98. The highest BCUT2D eigenvalue weighted by molar-refractivity contribution is 5.08. The number of imidazole rings is 1. The van der Waals surface area contributed by atoms with Crippen molar-refractivity contribution in [3.63, 3.8) is 0 Å². The van der Waals surface area contributed by atoms with E-state index in [1.807, 2.05) is 6.33 Å². The van der Waals surface area contributed by atoms with E-state index in [2.05, 4.69) is 28.7 Å². The molecule has 0 bridgehead atoms. The highest BCUT2D eigenvalue weighted by Gasteiger charge is 2.14. The van der Waals surface area contributed by atoms with Gasteiger partial charge in [0, 0.05) is 12.2 Å². The summed E-state index contributed by atoms with van der Waals surface area (Å²) < 4.78 is 2.28. The Morgan fingerprint density at radius 3 is 3.00 bits per heavy atom. The van der Waals surface area contributed by atoms with Crippen LogP contribution in [-0.4, -0.2) is 22.6 Å². The number of aryl methyl sites for hydroxylation is 1. The molecule has 3 nitrogen and oxygen atoms in total. The molecule has 1 aromatic heterocycles. The molecule has 14 heavy (non-hydrogen) atoms. The van der Waals surface area contributed by atoms with Gasteiger partial charge in [0.2, 0.25) is 0 Å². The van der Waals surface area contributed by atoms with Crippen LogP contribution in [0.15, 0.2) is 6.33 Å². The molecular formula is C11H19N3. The Morgan fingerprint density at radius 2 is 2.43 bits per heavy atom. The van der Waals surface area contributed by atoms with Crippen LogP contribution in [0.1, 0.15) is 24.2 Å². The molecule has 1 saturated heterocycles. The quantitative estimate of drug-likeness (QED) is 0.771. The number of piperidine rings is 1. The topological polar surface area (TPSA) is 29.9 Å². The first-order chi connectivity index (χ1) is 6.77. The summed E-state index contributed by atoms with van der Waals surface area (Å²) in [5.74, 6) is 0.788. The van der Waals surface area contributed by atoms with Gasteiger partial charge in [-0.25, -0.2) is 4.98 Å². The van der Waals surface area contributed by atoms with Crippen molar-refractivity contribution in [2.45, 2.75) is 33.2 Å². The van der Waals surface area contributed by atoms with Gasteiger partial charge in [-0.05, 0) is 45.7 Å². The summed E-state index contributed by atoms with van der Waals surface area (Å²) in [5.41, 5.74) is 2.48. The predicted octanol–water partition coefficient (Wildman–Crippen LogP) is 1.50. The average Bonchev–Trinajstić information content (AvgIpc) is 2.52. The molecule has 1 atom stereocenters. The zero-order valence-corrected chi connectivity index (χ0v) is 9.08. The van der Waals surface area contributed by atoms with Crippen molar-refractivity contribution in [2.75, 3.05) is 13.1 Å². The number of nitrogens with one attached hydrogen (secondary N) is 1. The van der Waals surface area contributed by atoms with Crippen molar-refractivity contribution in [3.8, 4) is 0 Å². The van der Waals surface area contributed by atoms with Crippen LogP contribution in [0.4, 0.5) is 0 Å². The van der Waals surface area contributed by atoms with Crippen molar-refractivity contribution in [2.24, 2.45) is 5.92 Å². The smallest absolute Gasteiger partial charge is 0.0951 e. The zero-order valence-electron chi connectivity index (χ0n) is 9.08. The standard InChI is InChI=1S/C11H19N3/c1-9-10(2)14(8-13-9)7-11-4-3-5-12-6-11/h8,11-12H,3-7H2,1-2H3. The first kappa shape index (κ1) is 9.71. The van der Waals surface area contributed by atoms with Crippen molar-refractivity contribution < 1.29 is 0 Å². The molecule has 0 aromatic carbocycles. The lowest BCUT2D eigenvalue weighted by Crippen LogP contribution is -2.32. The fraction of sp³-hybridized carbons (Fsp3) is 0.727. The molecule has 2 rings (SSSR count). The fourth-order valence-corrected chi connectivity index (χ4v) is 2.09. The molecule has 1 fully saturated rings. The summed E-state index contributed by atoms with van der Waals surface area (Å²) in [6.07, 6.45) is 4.64. The van der Waals surface area contributed by atoms with E-state index in [0.717, 1.165) is 24.7 Å². The highest BCUT2D eigenvalue weighted by Crippen LogP contribution is 2.14. The lowest BCUT2D eigenvalue weighted by molar-refractivity contribution is 0.335. The molecule has 1 aromatic rings. The van der Waals surface area contributed by atoms with E-state index in [0.29, 0.717) is 0 Å². The van der Waals surface area contributed by atoms with E-state index in [4.69, 9.17) is 0 Å². The van der Waals surface area contributed by atoms with Gasteiger partial charge >= 0.3 is 0 Å². The number of hydrogen-bond donors (Lipinski definition) is 1. The Balaban J connectivity index is 1.99. The van der Waals surface area contributed by atoms with E-state index >= 15 is 0 Å². The lowest BCUT2D eigenvalue weighted by Gasteiger charge is -2.23. The average molecular weight is 193 g/mol. The van der Waals surface area contributed by atoms with Crippen LogP contribution in [0, 0.1) is 19.8 Å². The highest BCUT2D eigenvalue weighted by atomic mass is 15.1. The molecule has 0 saturated carbocycles. The second kappa shape index (κ2) is 4.13. The summed E-state index contributed by atoms with van der Waals surface area (Å²) in [7, 11) is 0. The number of aromatic nitrogens is 2. The maximum atomic E-state index is 4.32. The summed E-state index contributed by atoms with van der Waals surface area (Å²) in [6.45, 7) is 7.71. The number of nitrogens with zero attached hydrogens (tertiary/aromatic N) is 2. The van der Waals surface area contributed by atoms with Crippen LogP contribution in [-0.2, 0) is 6.54 Å². The van der Waals surface area contributed by atoms with Gasteiger partial charge in [-0.1, -0.05) is 0 Å². The second-order valence-electron chi connectivity index (χ2n) is 4.28. The molecule has 1 aliphatic rings. The molecule has 0 amide bonds. The van der Waals surface area contributed by atoms with Crippen LogP contribution in [0.3, 0.4) is 0 Å². The Kier molecular flexibility index (Phi) is 2.87. The van der Waals surface area contributed by atoms with Crippen LogP contribution < -0.4 is 5.32 Å². The normalized spacial score (nSPS) is 22.6.